The van der Waals surface area contributed by atoms with Gasteiger partial charge in [-0.05, 0) is 48.2 Å². The molecule has 8 N–H and O–H groups in total. The van der Waals surface area contributed by atoms with E-state index in [4.69, 9.17) is 21.7 Å². The van der Waals surface area contributed by atoms with E-state index in [2.05, 4.69) is 0 Å². The SMILES string of the molecule is Cl.Cl.NC(Cc1ccc(O)c(-c2cc(CC(N)C(=O)O)ccc2O)c1)C(=O)O. The Kier molecular flexibility index (Phi) is 9.76. The lowest BCUT2D eigenvalue weighted by atomic mass is 9.95. The molecule has 2 unspecified atom stereocenters. The monoisotopic (exact) mass is 432 g/mol. The average molecular weight is 433 g/mol. The molecule has 28 heavy (non-hydrogen) atoms. The molecular weight excluding hydrogens is 411 g/mol. The van der Waals surface area contributed by atoms with Gasteiger partial charge in [0.15, 0.2) is 0 Å². The number of carboxylic acid groups (broad SMARTS) is 2. The third kappa shape index (κ3) is 6.28. The smallest absolute Gasteiger partial charge is 0.320 e. The van der Waals surface area contributed by atoms with Crippen molar-refractivity contribution in [3.8, 4) is 22.6 Å². The molecule has 0 aliphatic rings. The highest BCUT2D eigenvalue weighted by molar-refractivity contribution is 5.85. The van der Waals surface area contributed by atoms with Gasteiger partial charge in [0.1, 0.15) is 23.6 Å². The normalized spacial score (nSPS) is 12.2. The fourth-order valence-corrected chi connectivity index (χ4v) is 2.53. The van der Waals surface area contributed by atoms with Crippen molar-refractivity contribution in [2.75, 3.05) is 0 Å². The number of benzene rings is 2. The molecule has 0 radical (unpaired) electrons. The van der Waals surface area contributed by atoms with E-state index < -0.39 is 24.0 Å². The number of nitrogens with two attached hydrogens (primary N) is 2. The van der Waals surface area contributed by atoms with E-state index in [1.54, 1.807) is 12.1 Å². The zero-order valence-electron chi connectivity index (χ0n) is 14.6. The van der Waals surface area contributed by atoms with Gasteiger partial charge in [0.05, 0.1) is 0 Å². The van der Waals surface area contributed by atoms with Gasteiger partial charge in [-0.1, -0.05) is 12.1 Å². The topological polar surface area (TPSA) is 167 Å². The third-order valence-electron chi connectivity index (χ3n) is 3.96. The fourth-order valence-electron chi connectivity index (χ4n) is 2.53. The largest absolute Gasteiger partial charge is 0.507 e. The van der Waals surface area contributed by atoms with Crippen molar-refractivity contribution < 1.29 is 30.0 Å². The van der Waals surface area contributed by atoms with Crippen molar-refractivity contribution in [1.82, 2.24) is 0 Å². The zero-order valence-corrected chi connectivity index (χ0v) is 16.2. The predicted molar refractivity (Wildman–Crippen MR) is 108 cm³/mol. The number of carbonyl (C=O) groups is 2. The Morgan fingerprint density at radius 1 is 0.750 bits per heavy atom. The van der Waals surface area contributed by atoms with E-state index in [0.717, 1.165) is 0 Å². The van der Waals surface area contributed by atoms with Crippen LogP contribution in [0, 0.1) is 0 Å². The molecule has 2 aromatic carbocycles. The number of hydrogen-bond donors (Lipinski definition) is 6. The number of halogens is 2. The van der Waals surface area contributed by atoms with Gasteiger partial charge in [-0.3, -0.25) is 9.59 Å². The van der Waals surface area contributed by atoms with Gasteiger partial charge in [0.2, 0.25) is 0 Å². The van der Waals surface area contributed by atoms with Crippen LogP contribution in [0.4, 0.5) is 0 Å². The van der Waals surface area contributed by atoms with Gasteiger partial charge < -0.3 is 31.9 Å². The molecule has 0 spiro atoms. The van der Waals surface area contributed by atoms with Crippen LogP contribution < -0.4 is 11.5 Å². The van der Waals surface area contributed by atoms with Crippen LogP contribution in [0.3, 0.4) is 0 Å². The first kappa shape index (κ1) is 25.5. The van der Waals surface area contributed by atoms with Crippen molar-refractivity contribution in [3.05, 3.63) is 47.5 Å². The summed E-state index contributed by atoms with van der Waals surface area (Å²) in [5.41, 5.74) is 12.8. The third-order valence-corrected chi connectivity index (χ3v) is 3.96. The van der Waals surface area contributed by atoms with Crippen molar-refractivity contribution in [2.24, 2.45) is 11.5 Å². The van der Waals surface area contributed by atoms with Crippen LogP contribution in [0.2, 0.25) is 0 Å². The summed E-state index contributed by atoms with van der Waals surface area (Å²) in [6, 6.07) is 6.73. The van der Waals surface area contributed by atoms with Crippen LogP contribution in [0.1, 0.15) is 11.1 Å². The lowest BCUT2D eigenvalue weighted by molar-refractivity contribution is -0.139. The van der Waals surface area contributed by atoms with E-state index >= 15 is 0 Å². The molecule has 154 valence electrons. The van der Waals surface area contributed by atoms with E-state index in [1.807, 2.05) is 0 Å². The van der Waals surface area contributed by atoms with Crippen LogP contribution in [-0.4, -0.2) is 44.4 Å². The van der Waals surface area contributed by atoms with Crippen molar-refractivity contribution in [1.29, 1.82) is 0 Å². The number of aromatic hydroxyl groups is 2. The Balaban J connectivity index is 0.00000364. The Morgan fingerprint density at radius 2 is 1.07 bits per heavy atom. The second-order valence-corrected chi connectivity index (χ2v) is 6.00. The number of carboxylic acids is 2. The Morgan fingerprint density at radius 3 is 1.36 bits per heavy atom. The summed E-state index contributed by atoms with van der Waals surface area (Å²) in [7, 11) is 0. The molecule has 0 bridgehead atoms. The maximum Gasteiger partial charge on any atom is 0.320 e. The number of aliphatic carboxylic acids is 2. The maximum atomic E-state index is 10.9. The summed E-state index contributed by atoms with van der Waals surface area (Å²) in [6.07, 6.45) is 0.0971. The fraction of sp³-hybridized carbons (Fsp3) is 0.222. The van der Waals surface area contributed by atoms with Crippen molar-refractivity contribution >= 4 is 36.8 Å². The molecular formula is C18H22Cl2N2O6. The molecule has 2 aromatic rings. The van der Waals surface area contributed by atoms with Crippen LogP contribution in [0.15, 0.2) is 36.4 Å². The molecule has 8 nitrogen and oxygen atoms in total. The van der Waals surface area contributed by atoms with Gasteiger partial charge in [0.25, 0.3) is 0 Å². The van der Waals surface area contributed by atoms with Crippen LogP contribution >= 0.6 is 24.8 Å². The molecule has 0 saturated carbocycles. The summed E-state index contributed by atoms with van der Waals surface area (Å²) in [4.78, 5) is 21.8. The van der Waals surface area contributed by atoms with E-state index in [-0.39, 0.29) is 60.3 Å². The molecule has 0 saturated heterocycles. The molecule has 10 heteroatoms. The summed E-state index contributed by atoms with van der Waals surface area (Å²) in [5.74, 6) is -2.53. The molecule has 2 atom stereocenters. The molecule has 0 fully saturated rings. The second-order valence-electron chi connectivity index (χ2n) is 6.00. The summed E-state index contributed by atoms with van der Waals surface area (Å²) >= 11 is 0. The van der Waals surface area contributed by atoms with Gasteiger partial charge in [-0.25, -0.2) is 0 Å². The highest BCUT2D eigenvalue weighted by Gasteiger charge is 2.17. The minimum absolute atomic E-state index is 0. The van der Waals surface area contributed by atoms with Gasteiger partial charge in [-0.15, -0.1) is 24.8 Å². The first-order valence-electron chi connectivity index (χ1n) is 7.80. The Labute approximate surface area is 173 Å². The summed E-state index contributed by atoms with van der Waals surface area (Å²) in [5, 5.41) is 38.1. The van der Waals surface area contributed by atoms with Crippen molar-refractivity contribution in [2.45, 2.75) is 24.9 Å². The molecule has 0 heterocycles. The Bertz CT molecular complexity index is 777. The number of hydrogen-bond acceptors (Lipinski definition) is 6. The lowest BCUT2D eigenvalue weighted by Gasteiger charge is -2.13. The number of phenolic OH excluding ortho intramolecular Hbond substituents is 2. The minimum atomic E-state index is -1.15. The summed E-state index contributed by atoms with van der Waals surface area (Å²) in [6.45, 7) is 0. The van der Waals surface area contributed by atoms with Gasteiger partial charge in [0, 0.05) is 11.1 Å². The van der Waals surface area contributed by atoms with Crippen LogP contribution in [0.25, 0.3) is 11.1 Å². The predicted octanol–water partition coefficient (Wildman–Crippen LogP) is 1.52. The zero-order chi connectivity index (χ0) is 19.4. The summed E-state index contributed by atoms with van der Waals surface area (Å²) < 4.78 is 0. The first-order chi connectivity index (χ1) is 12.2. The first-order valence-corrected chi connectivity index (χ1v) is 7.80. The molecule has 0 aliphatic carbocycles. The standard InChI is InChI=1S/C18H20N2O6.2ClH/c19-13(17(23)24)7-9-1-3-15(21)11(5-9)12-6-10(2-4-16(12)22)8-14(20)18(25)26;;/h1-6,13-14,21-22H,7-8,19-20H2,(H,23,24)(H,25,26);2*1H. The lowest BCUT2D eigenvalue weighted by Crippen LogP contribution is -2.32. The number of rotatable bonds is 7. The average Bonchev–Trinajstić information content (AvgIpc) is 2.58. The van der Waals surface area contributed by atoms with E-state index in [9.17, 15) is 19.8 Å². The minimum Gasteiger partial charge on any atom is -0.507 e. The highest BCUT2D eigenvalue weighted by atomic mass is 35.5. The van der Waals surface area contributed by atoms with Gasteiger partial charge in [-0.2, -0.15) is 0 Å². The van der Waals surface area contributed by atoms with Crippen LogP contribution in [-0.2, 0) is 22.4 Å². The molecule has 0 aliphatic heterocycles. The molecule has 0 aromatic heterocycles. The van der Waals surface area contributed by atoms with Crippen molar-refractivity contribution in [3.63, 3.8) is 0 Å². The van der Waals surface area contributed by atoms with E-state index in [1.165, 1.54) is 24.3 Å². The van der Waals surface area contributed by atoms with Gasteiger partial charge >= 0.3 is 11.9 Å². The molecule has 0 amide bonds. The maximum absolute atomic E-state index is 10.9. The van der Waals surface area contributed by atoms with Crippen LogP contribution in [0.5, 0.6) is 11.5 Å². The second kappa shape index (κ2) is 10.7. The highest BCUT2D eigenvalue weighted by Crippen LogP contribution is 2.37. The quantitative estimate of drug-likeness (QED) is 0.382. The number of phenols is 2. The molecule has 2 rings (SSSR count). The Hall–Kier alpha value is -2.52. The van der Waals surface area contributed by atoms with E-state index in [0.29, 0.717) is 11.1 Å².